The molecular formula is C19H25BrN2O3. The van der Waals surface area contributed by atoms with Gasteiger partial charge in [0, 0.05) is 5.92 Å². The zero-order chi connectivity index (χ0) is 18.0. The molecule has 1 N–H and O–H groups in total. The van der Waals surface area contributed by atoms with E-state index in [1.165, 1.54) is 19.3 Å². The molecule has 1 aromatic carbocycles. The number of rotatable bonds is 6. The topological polar surface area (TPSA) is 59.9 Å². The predicted molar refractivity (Wildman–Crippen MR) is 101 cm³/mol. The highest BCUT2D eigenvalue weighted by Crippen LogP contribution is 2.66. The van der Waals surface area contributed by atoms with Crippen molar-refractivity contribution in [3.05, 3.63) is 22.2 Å². The summed E-state index contributed by atoms with van der Waals surface area (Å²) < 4.78 is 11.7. The van der Waals surface area contributed by atoms with E-state index in [0.29, 0.717) is 24.0 Å². The van der Waals surface area contributed by atoms with Crippen LogP contribution in [0.4, 0.5) is 0 Å². The number of amides is 1. The molecule has 0 saturated heterocycles. The quantitative estimate of drug-likeness (QED) is 0.568. The zero-order valence-corrected chi connectivity index (χ0v) is 16.6. The van der Waals surface area contributed by atoms with Gasteiger partial charge in [-0.05, 0) is 64.7 Å². The van der Waals surface area contributed by atoms with Crippen LogP contribution in [0, 0.1) is 17.3 Å². The smallest absolute Gasteiger partial charge is 0.244 e. The van der Waals surface area contributed by atoms with Gasteiger partial charge in [0.1, 0.15) is 0 Å². The van der Waals surface area contributed by atoms with Gasteiger partial charge in [0.25, 0.3) is 0 Å². The summed E-state index contributed by atoms with van der Waals surface area (Å²) in [6.07, 6.45) is 6.44. The molecule has 5 nitrogen and oxygen atoms in total. The molecule has 2 aliphatic rings. The van der Waals surface area contributed by atoms with Gasteiger partial charge in [-0.15, -0.1) is 0 Å². The largest absolute Gasteiger partial charge is 0.492 e. The minimum Gasteiger partial charge on any atom is -0.492 e. The highest BCUT2D eigenvalue weighted by molar-refractivity contribution is 9.10. The number of carbonyl (C=O) groups is 1. The Morgan fingerprint density at radius 1 is 1.48 bits per heavy atom. The molecule has 3 atom stereocenters. The fourth-order valence-corrected chi connectivity index (χ4v) is 4.84. The van der Waals surface area contributed by atoms with Gasteiger partial charge in [-0.3, -0.25) is 4.79 Å². The van der Waals surface area contributed by atoms with E-state index in [1.54, 1.807) is 13.3 Å². The number of nitrogens with zero attached hydrogens (tertiary/aromatic N) is 1. The van der Waals surface area contributed by atoms with Crippen LogP contribution >= 0.6 is 15.9 Å². The Labute approximate surface area is 157 Å². The molecule has 0 aliphatic heterocycles. The molecule has 0 bridgehead atoms. The third kappa shape index (κ3) is 3.54. The average molecular weight is 409 g/mol. The molecule has 0 aromatic heterocycles. The normalized spacial score (nSPS) is 27.7. The Morgan fingerprint density at radius 3 is 2.92 bits per heavy atom. The summed E-state index contributed by atoms with van der Waals surface area (Å²) in [4.78, 5) is 12.4. The van der Waals surface area contributed by atoms with Crippen LogP contribution in [0.3, 0.4) is 0 Å². The first-order chi connectivity index (χ1) is 12.0. The minimum atomic E-state index is 0.0447. The lowest BCUT2D eigenvalue weighted by Crippen LogP contribution is -2.22. The van der Waals surface area contributed by atoms with Crippen molar-refractivity contribution in [3.63, 3.8) is 0 Å². The summed E-state index contributed by atoms with van der Waals surface area (Å²) in [5.41, 5.74) is 3.74. The van der Waals surface area contributed by atoms with Crippen LogP contribution < -0.4 is 14.9 Å². The van der Waals surface area contributed by atoms with Crippen molar-refractivity contribution in [2.24, 2.45) is 22.4 Å². The first-order valence-corrected chi connectivity index (χ1v) is 9.63. The molecule has 1 amide bonds. The van der Waals surface area contributed by atoms with E-state index in [4.69, 9.17) is 9.47 Å². The molecular weight excluding hydrogens is 384 g/mol. The van der Waals surface area contributed by atoms with Crippen molar-refractivity contribution >= 4 is 28.1 Å². The summed E-state index contributed by atoms with van der Waals surface area (Å²) in [5.74, 6) is 2.00. The summed E-state index contributed by atoms with van der Waals surface area (Å²) in [5, 5.41) is 4.15. The molecule has 2 fully saturated rings. The van der Waals surface area contributed by atoms with E-state index in [-0.39, 0.29) is 17.2 Å². The average Bonchev–Trinajstić information content (AvgIpc) is 3.20. The second kappa shape index (κ2) is 7.36. The van der Waals surface area contributed by atoms with E-state index >= 15 is 0 Å². The van der Waals surface area contributed by atoms with Crippen LogP contribution in [-0.2, 0) is 4.79 Å². The van der Waals surface area contributed by atoms with Gasteiger partial charge in [-0.2, -0.15) is 5.10 Å². The maximum absolute atomic E-state index is 12.4. The number of hydrogen-bond donors (Lipinski definition) is 1. The van der Waals surface area contributed by atoms with E-state index in [1.807, 2.05) is 19.1 Å². The highest BCUT2D eigenvalue weighted by atomic mass is 79.9. The number of fused-ring (bicyclic) bond motifs is 1. The number of hydrogen-bond acceptors (Lipinski definition) is 4. The lowest BCUT2D eigenvalue weighted by molar-refractivity contribution is -0.123. The maximum Gasteiger partial charge on any atom is 0.244 e. The van der Waals surface area contributed by atoms with Gasteiger partial charge < -0.3 is 9.47 Å². The van der Waals surface area contributed by atoms with Crippen LogP contribution in [0.5, 0.6) is 11.5 Å². The van der Waals surface area contributed by atoms with Gasteiger partial charge >= 0.3 is 0 Å². The third-order valence-electron chi connectivity index (χ3n) is 5.54. The Bertz CT molecular complexity index is 691. The summed E-state index contributed by atoms with van der Waals surface area (Å²) in [6, 6.07) is 3.73. The van der Waals surface area contributed by atoms with E-state index in [0.717, 1.165) is 16.5 Å². The summed E-state index contributed by atoms with van der Waals surface area (Å²) in [7, 11) is 1.60. The number of carbonyl (C=O) groups excluding carboxylic acids is 1. The predicted octanol–water partition coefficient (Wildman–Crippen LogP) is 4.13. The zero-order valence-electron chi connectivity index (χ0n) is 15.0. The molecule has 136 valence electrons. The third-order valence-corrected chi connectivity index (χ3v) is 6.13. The van der Waals surface area contributed by atoms with Crippen LogP contribution in [-0.4, -0.2) is 25.8 Å². The second-order valence-electron chi connectivity index (χ2n) is 7.04. The molecule has 2 aliphatic carbocycles. The molecule has 1 aromatic rings. The van der Waals surface area contributed by atoms with Crippen molar-refractivity contribution in [2.75, 3.05) is 13.7 Å². The van der Waals surface area contributed by atoms with Gasteiger partial charge in [0.2, 0.25) is 5.91 Å². The minimum absolute atomic E-state index is 0.0447. The second-order valence-corrected chi connectivity index (χ2v) is 7.89. The molecule has 0 heterocycles. The molecule has 25 heavy (non-hydrogen) atoms. The molecule has 2 saturated carbocycles. The van der Waals surface area contributed by atoms with Crippen molar-refractivity contribution < 1.29 is 14.3 Å². The molecule has 6 heteroatoms. The first kappa shape index (κ1) is 18.2. The fraction of sp³-hybridized carbons (Fsp3) is 0.579. The van der Waals surface area contributed by atoms with Gasteiger partial charge in [0.15, 0.2) is 11.5 Å². The SMILES string of the molecule is CCOc1cc(/C=N\NC(=O)[C@@H]2[C@H]3CCCC[C@]32C)cc(Br)c1OC. The number of benzene rings is 1. The standard InChI is InChI=1S/C19H25BrN2O3/c1-4-25-15-10-12(9-14(20)17(15)24-3)11-21-22-18(23)16-13-7-5-6-8-19(13,16)2/h9-11,13,16H,4-8H2,1-3H3,(H,22,23)/b21-11-/t13-,16+,19-/m1/s1. The van der Waals surface area contributed by atoms with E-state index in [9.17, 15) is 4.79 Å². The number of ether oxygens (including phenoxy) is 2. The number of halogens is 1. The Hall–Kier alpha value is -1.56. The van der Waals surface area contributed by atoms with Gasteiger partial charge in [0.05, 0.1) is 24.4 Å². The highest BCUT2D eigenvalue weighted by Gasteiger charge is 2.64. The van der Waals surface area contributed by atoms with Gasteiger partial charge in [-0.25, -0.2) is 5.43 Å². The Kier molecular flexibility index (Phi) is 5.37. The van der Waals surface area contributed by atoms with Crippen molar-refractivity contribution in [1.82, 2.24) is 5.43 Å². The first-order valence-electron chi connectivity index (χ1n) is 8.84. The van der Waals surface area contributed by atoms with Crippen LogP contribution in [0.1, 0.15) is 45.1 Å². The summed E-state index contributed by atoms with van der Waals surface area (Å²) in [6.45, 7) is 4.70. The van der Waals surface area contributed by atoms with E-state index < -0.39 is 0 Å². The maximum atomic E-state index is 12.4. The fourth-order valence-electron chi connectivity index (χ4n) is 4.21. The lowest BCUT2D eigenvalue weighted by atomic mass is 9.90. The monoisotopic (exact) mass is 408 g/mol. The van der Waals surface area contributed by atoms with Crippen molar-refractivity contribution in [2.45, 2.75) is 39.5 Å². The lowest BCUT2D eigenvalue weighted by Gasteiger charge is -2.15. The van der Waals surface area contributed by atoms with Crippen LogP contribution in [0.2, 0.25) is 0 Å². The molecule has 0 radical (unpaired) electrons. The number of hydrazone groups is 1. The Balaban J connectivity index is 1.65. The molecule has 3 rings (SSSR count). The van der Waals surface area contributed by atoms with Crippen molar-refractivity contribution in [3.8, 4) is 11.5 Å². The number of nitrogens with one attached hydrogen (secondary N) is 1. The van der Waals surface area contributed by atoms with Crippen molar-refractivity contribution in [1.29, 1.82) is 0 Å². The number of methoxy groups -OCH3 is 1. The molecule has 0 unspecified atom stereocenters. The van der Waals surface area contributed by atoms with Gasteiger partial charge in [-0.1, -0.05) is 19.8 Å². The summed E-state index contributed by atoms with van der Waals surface area (Å²) >= 11 is 3.48. The molecule has 0 spiro atoms. The Morgan fingerprint density at radius 2 is 2.28 bits per heavy atom. The van der Waals surface area contributed by atoms with Crippen LogP contribution in [0.25, 0.3) is 0 Å². The van der Waals surface area contributed by atoms with Crippen LogP contribution in [0.15, 0.2) is 21.7 Å². The van der Waals surface area contributed by atoms with E-state index in [2.05, 4.69) is 33.4 Å².